The minimum absolute atomic E-state index is 0.312. The number of carbonyl (C=O) groups excluding carboxylic acids is 2. The summed E-state index contributed by atoms with van der Waals surface area (Å²) in [5.41, 5.74) is 1.27. The van der Waals surface area contributed by atoms with Gasteiger partial charge in [-0.05, 0) is 38.3 Å². The van der Waals surface area contributed by atoms with Crippen LogP contribution in [0.3, 0.4) is 0 Å². The van der Waals surface area contributed by atoms with E-state index in [0.717, 1.165) is 5.56 Å². The predicted octanol–water partition coefficient (Wildman–Crippen LogP) is 2.57. The molecule has 0 unspecified atom stereocenters. The Bertz CT molecular complexity index is 741. The largest absolute Gasteiger partial charge is 0.560 e. The number of benzene rings is 1. The van der Waals surface area contributed by atoms with Crippen molar-refractivity contribution in [3.05, 3.63) is 41.7 Å². The number of esters is 1. The van der Waals surface area contributed by atoms with Crippen LogP contribution in [0.1, 0.15) is 38.3 Å². The summed E-state index contributed by atoms with van der Waals surface area (Å²) in [6.07, 6.45) is 2.99. The second kappa shape index (κ2) is 12.6. The Morgan fingerprint density at radius 2 is 1.83 bits per heavy atom. The molecule has 8 nitrogen and oxygen atoms in total. The molecule has 0 bridgehead atoms. The first-order chi connectivity index (χ1) is 14.2. The number of aliphatic imine (C=N–C) groups is 1. The van der Waals surface area contributed by atoms with Crippen LogP contribution in [0.4, 0.5) is 4.79 Å². The van der Waals surface area contributed by atoms with Crippen molar-refractivity contribution in [1.29, 1.82) is 0 Å². The zero-order valence-electron chi connectivity index (χ0n) is 18.6. The predicted molar refractivity (Wildman–Crippen MR) is 118 cm³/mol. The Morgan fingerprint density at radius 3 is 2.37 bits per heavy atom. The van der Waals surface area contributed by atoms with Crippen LogP contribution >= 0.6 is 0 Å². The van der Waals surface area contributed by atoms with Crippen molar-refractivity contribution in [3.8, 4) is 0 Å². The lowest BCUT2D eigenvalue weighted by atomic mass is 10.0. The molecule has 0 radical (unpaired) electrons. The van der Waals surface area contributed by atoms with Gasteiger partial charge in [0.25, 0.3) is 0 Å². The van der Waals surface area contributed by atoms with Gasteiger partial charge >= 0.3 is 20.1 Å². The zero-order valence-corrected chi connectivity index (χ0v) is 18.6. The van der Waals surface area contributed by atoms with Gasteiger partial charge in [-0.15, -0.1) is 0 Å². The van der Waals surface area contributed by atoms with Crippen molar-refractivity contribution < 1.29 is 28.5 Å². The molecule has 164 valence electrons. The summed E-state index contributed by atoms with van der Waals surface area (Å²) in [4.78, 5) is 30.3. The van der Waals surface area contributed by atoms with E-state index >= 15 is 0 Å². The second-order valence-corrected chi connectivity index (χ2v) is 7.46. The minimum atomic E-state index is -0.590. The van der Waals surface area contributed by atoms with Gasteiger partial charge in [-0.2, -0.15) is 0 Å². The molecule has 1 aromatic carbocycles. The molecule has 0 saturated heterocycles. The molecule has 0 aliphatic rings. The average Bonchev–Trinajstić information content (AvgIpc) is 2.69. The lowest BCUT2D eigenvalue weighted by molar-refractivity contribution is -0.133. The zero-order chi connectivity index (χ0) is 22.6. The topological polar surface area (TPSA) is 86.7 Å². The molecular formula is C21H31BN2O6. The van der Waals surface area contributed by atoms with Crippen LogP contribution in [0.15, 0.2) is 35.5 Å². The van der Waals surface area contributed by atoms with E-state index in [1.54, 1.807) is 17.0 Å². The number of hydrogen-bond acceptors (Lipinski definition) is 7. The van der Waals surface area contributed by atoms with E-state index < -0.39 is 17.7 Å². The van der Waals surface area contributed by atoms with Crippen molar-refractivity contribution in [2.24, 2.45) is 4.99 Å². The van der Waals surface area contributed by atoms with Gasteiger partial charge in [-0.1, -0.05) is 24.3 Å². The fourth-order valence-corrected chi connectivity index (χ4v) is 2.51. The SMILES string of the molecule is BOC=NCCCN(Cc1ccc(/C(=C\OC)C(=O)OC)cc1)C(=O)OC(C)(C)C. The Balaban J connectivity index is 2.93. The lowest BCUT2D eigenvalue weighted by Crippen LogP contribution is -2.37. The van der Waals surface area contributed by atoms with Gasteiger partial charge in [0.05, 0.1) is 20.5 Å². The highest BCUT2D eigenvalue weighted by Crippen LogP contribution is 2.19. The third-order valence-corrected chi connectivity index (χ3v) is 3.83. The van der Waals surface area contributed by atoms with Gasteiger partial charge in [-0.3, -0.25) is 4.99 Å². The second-order valence-electron chi connectivity index (χ2n) is 7.46. The number of hydrogen-bond donors (Lipinski definition) is 0. The van der Waals surface area contributed by atoms with Crippen LogP contribution in [0, 0.1) is 0 Å². The summed E-state index contributed by atoms with van der Waals surface area (Å²) in [6, 6.07) is 7.27. The summed E-state index contributed by atoms with van der Waals surface area (Å²) in [7, 11) is 4.32. The first-order valence-electron chi connectivity index (χ1n) is 9.61. The van der Waals surface area contributed by atoms with E-state index in [1.165, 1.54) is 34.9 Å². The third kappa shape index (κ3) is 9.02. The average molecular weight is 418 g/mol. The minimum Gasteiger partial charge on any atom is -0.560 e. The van der Waals surface area contributed by atoms with E-state index in [0.29, 0.717) is 37.2 Å². The molecule has 0 fully saturated rings. The molecule has 0 heterocycles. The molecule has 30 heavy (non-hydrogen) atoms. The Labute approximate surface area is 179 Å². The molecule has 1 aromatic rings. The van der Waals surface area contributed by atoms with Gasteiger partial charge in [0, 0.05) is 19.6 Å². The van der Waals surface area contributed by atoms with Crippen LogP contribution in [0.2, 0.25) is 0 Å². The number of nitrogens with zero attached hydrogens (tertiary/aromatic N) is 2. The molecular weight excluding hydrogens is 387 g/mol. The number of ether oxygens (including phenoxy) is 3. The van der Waals surface area contributed by atoms with Gasteiger partial charge < -0.3 is 23.8 Å². The number of carbonyl (C=O) groups is 2. The molecule has 0 spiro atoms. The maximum absolute atomic E-state index is 12.6. The van der Waals surface area contributed by atoms with Crippen molar-refractivity contribution in [2.75, 3.05) is 27.3 Å². The number of rotatable bonds is 10. The Morgan fingerprint density at radius 1 is 1.17 bits per heavy atom. The summed E-state index contributed by atoms with van der Waals surface area (Å²) < 4.78 is 20.1. The van der Waals surface area contributed by atoms with Gasteiger partial charge in [0.15, 0.2) is 6.40 Å². The van der Waals surface area contributed by atoms with Crippen LogP contribution in [-0.2, 0) is 30.2 Å². The quantitative estimate of drug-likeness (QED) is 0.110. The van der Waals surface area contributed by atoms with Crippen LogP contribution in [0.25, 0.3) is 5.57 Å². The maximum atomic E-state index is 12.6. The third-order valence-electron chi connectivity index (χ3n) is 3.83. The smallest absolute Gasteiger partial charge is 0.410 e. The van der Waals surface area contributed by atoms with Crippen molar-refractivity contribution in [2.45, 2.75) is 39.3 Å². The standard InChI is InChI=1S/C21H31BN2O6/c1-21(2,3)30-20(26)24(12-6-11-23-15-29-22)13-16-7-9-17(10-8-16)18(14-27-4)19(25)28-5/h7-10,14-15H,6,11-13,22H2,1-5H3/b18-14+,23-15?. The fourth-order valence-electron chi connectivity index (χ4n) is 2.51. The first kappa shape index (κ1) is 25.1. The highest BCUT2D eigenvalue weighted by Gasteiger charge is 2.22. The molecule has 9 heteroatoms. The number of methoxy groups -OCH3 is 2. The Hall–Kier alpha value is -2.97. The normalized spacial score (nSPS) is 11.8. The van der Waals surface area contributed by atoms with Crippen molar-refractivity contribution >= 4 is 32.1 Å². The number of amides is 1. The first-order valence-corrected chi connectivity index (χ1v) is 9.61. The summed E-state index contributed by atoms with van der Waals surface area (Å²) in [6.45, 7) is 6.88. The molecule has 0 aliphatic carbocycles. The fraction of sp³-hybridized carbons (Fsp3) is 0.476. The van der Waals surface area contributed by atoms with Gasteiger partial charge in [0.2, 0.25) is 0 Å². The highest BCUT2D eigenvalue weighted by atomic mass is 16.6. The van der Waals surface area contributed by atoms with E-state index in [9.17, 15) is 9.59 Å². The van der Waals surface area contributed by atoms with Gasteiger partial charge in [-0.25, -0.2) is 9.59 Å². The summed E-state index contributed by atoms with van der Waals surface area (Å²) >= 11 is 0. The van der Waals surface area contributed by atoms with E-state index in [1.807, 2.05) is 32.9 Å². The molecule has 0 saturated carbocycles. The van der Waals surface area contributed by atoms with Crippen LogP contribution in [0.5, 0.6) is 0 Å². The molecule has 0 aromatic heterocycles. The maximum Gasteiger partial charge on any atom is 0.410 e. The molecule has 1 rings (SSSR count). The van der Waals surface area contributed by atoms with E-state index in [2.05, 4.69) is 4.99 Å². The van der Waals surface area contributed by atoms with Gasteiger partial charge in [0.1, 0.15) is 11.2 Å². The van der Waals surface area contributed by atoms with E-state index in [-0.39, 0.29) is 0 Å². The van der Waals surface area contributed by atoms with Crippen LogP contribution < -0.4 is 0 Å². The summed E-state index contributed by atoms with van der Waals surface area (Å²) in [5, 5.41) is 0. The van der Waals surface area contributed by atoms with Crippen molar-refractivity contribution in [1.82, 2.24) is 4.90 Å². The molecule has 0 aliphatic heterocycles. The van der Waals surface area contributed by atoms with Crippen LogP contribution in [-0.4, -0.2) is 64.3 Å². The molecule has 1 amide bonds. The highest BCUT2D eigenvalue weighted by molar-refractivity contribution is 6.16. The molecule has 0 atom stereocenters. The molecule has 0 N–H and O–H groups in total. The lowest BCUT2D eigenvalue weighted by Gasteiger charge is -2.27. The Kier molecular flexibility index (Phi) is 10.5. The monoisotopic (exact) mass is 418 g/mol. The van der Waals surface area contributed by atoms with Crippen molar-refractivity contribution in [3.63, 3.8) is 0 Å². The van der Waals surface area contributed by atoms with E-state index in [4.69, 9.17) is 18.9 Å². The summed E-state index contributed by atoms with van der Waals surface area (Å²) in [5.74, 6) is -0.489.